The predicted molar refractivity (Wildman–Crippen MR) is 151 cm³/mol. The zero-order valence-corrected chi connectivity index (χ0v) is 22.8. The van der Waals surface area contributed by atoms with Gasteiger partial charge in [0.05, 0.1) is 35.0 Å². The number of aryl methyl sites for hydroxylation is 1. The Morgan fingerprint density at radius 2 is 1.82 bits per heavy atom. The maximum absolute atomic E-state index is 13.6. The summed E-state index contributed by atoms with van der Waals surface area (Å²) in [7, 11) is 0. The number of Topliss-reactive ketones (excluding diaryl/α,β-unsaturated/α-hetero) is 1. The van der Waals surface area contributed by atoms with Crippen molar-refractivity contribution < 1.29 is 24.2 Å². The number of amides is 1. The predicted octanol–water partition coefficient (Wildman–Crippen LogP) is 6.20. The number of unbranched alkanes of at least 4 members (excludes halogenated alkanes) is 1. The van der Waals surface area contributed by atoms with Gasteiger partial charge in [-0.3, -0.25) is 19.5 Å². The highest BCUT2D eigenvalue weighted by molar-refractivity contribution is 7.22. The van der Waals surface area contributed by atoms with Gasteiger partial charge in [0.15, 0.2) is 16.6 Å². The fourth-order valence-corrected chi connectivity index (χ4v) is 5.63. The van der Waals surface area contributed by atoms with Crippen molar-refractivity contribution in [3.8, 4) is 11.5 Å². The summed E-state index contributed by atoms with van der Waals surface area (Å²) in [5, 5.41) is 11.7. The fraction of sp³-hybridized carbons (Fsp3) is 0.267. The molecule has 0 saturated carbocycles. The van der Waals surface area contributed by atoms with E-state index in [9.17, 15) is 14.7 Å². The summed E-state index contributed by atoms with van der Waals surface area (Å²) >= 11 is 1.33. The van der Waals surface area contributed by atoms with Gasteiger partial charge in [0.2, 0.25) is 0 Å². The largest absolute Gasteiger partial charge is 0.507 e. The van der Waals surface area contributed by atoms with Crippen molar-refractivity contribution in [2.75, 3.05) is 18.1 Å². The molecule has 39 heavy (non-hydrogen) atoms. The van der Waals surface area contributed by atoms with Gasteiger partial charge in [0, 0.05) is 18.0 Å². The second-order valence-electron chi connectivity index (χ2n) is 9.21. The van der Waals surface area contributed by atoms with Crippen LogP contribution in [-0.4, -0.2) is 40.0 Å². The average molecular weight is 544 g/mol. The van der Waals surface area contributed by atoms with Gasteiger partial charge in [-0.2, -0.15) is 0 Å². The molecule has 9 heteroatoms. The highest BCUT2D eigenvalue weighted by Crippen LogP contribution is 2.46. The number of hydrogen-bond donors (Lipinski definition) is 1. The van der Waals surface area contributed by atoms with Crippen molar-refractivity contribution in [2.45, 2.75) is 39.7 Å². The van der Waals surface area contributed by atoms with Gasteiger partial charge < -0.3 is 14.6 Å². The minimum atomic E-state index is -0.927. The number of fused-ring (bicyclic) bond motifs is 1. The number of aliphatic hydroxyl groups is 1. The molecule has 2 aromatic carbocycles. The number of rotatable bonds is 9. The molecular weight excluding hydrogens is 514 g/mol. The first kappa shape index (κ1) is 26.4. The molecule has 0 radical (unpaired) electrons. The number of benzene rings is 2. The second-order valence-corrected chi connectivity index (χ2v) is 10.2. The van der Waals surface area contributed by atoms with Gasteiger partial charge in [-0.1, -0.05) is 36.8 Å². The Morgan fingerprint density at radius 1 is 1.03 bits per heavy atom. The lowest BCUT2D eigenvalue weighted by Crippen LogP contribution is -2.29. The number of ketones is 1. The molecule has 1 N–H and O–H groups in total. The van der Waals surface area contributed by atoms with Gasteiger partial charge in [0.1, 0.15) is 5.76 Å². The second kappa shape index (κ2) is 11.2. The highest BCUT2D eigenvalue weighted by Gasteiger charge is 2.48. The number of hydrogen-bond acceptors (Lipinski definition) is 8. The molecule has 1 saturated heterocycles. The molecule has 4 aromatic rings. The molecule has 1 unspecified atom stereocenters. The van der Waals surface area contributed by atoms with E-state index in [0.29, 0.717) is 41.0 Å². The van der Waals surface area contributed by atoms with E-state index in [1.165, 1.54) is 28.6 Å². The molecule has 1 atom stereocenters. The summed E-state index contributed by atoms with van der Waals surface area (Å²) in [5.74, 6) is -0.740. The van der Waals surface area contributed by atoms with Crippen LogP contribution in [0.3, 0.4) is 0 Å². The first-order chi connectivity index (χ1) is 18.9. The SMILES string of the molecule is CCCCOc1ccc(C2C(=C(O)c3ccncc3)C(=O)C(=O)N2c2nc3ccc(C)cc3s2)cc1OCC. The third-order valence-electron chi connectivity index (χ3n) is 6.48. The molecule has 1 aliphatic heterocycles. The van der Waals surface area contributed by atoms with E-state index in [4.69, 9.17) is 14.5 Å². The summed E-state index contributed by atoms with van der Waals surface area (Å²) in [6.45, 7) is 6.90. The number of ether oxygens (including phenoxy) is 2. The van der Waals surface area contributed by atoms with Crippen LogP contribution >= 0.6 is 11.3 Å². The molecule has 0 spiro atoms. The lowest BCUT2D eigenvalue weighted by atomic mass is 9.95. The summed E-state index contributed by atoms with van der Waals surface area (Å²) in [5.41, 5.74) is 2.74. The molecule has 2 aromatic heterocycles. The number of carbonyl (C=O) groups is 2. The molecular formula is C30H29N3O5S. The van der Waals surface area contributed by atoms with Crippen LogP contribution in [0.1, 0.15) is 49.4 Å². The standard InChI is InChI=1S/C30H29N3O5S/c1-4-6-15-38-22-10-8-20(17-23(22)37-5-2)26-25(27(34)19-11-13-31-14-12-19)28(35)29(36)33(26)30-32-21-9-7-18(3)16-24(21)39-30/h7-14,16-17,26,34H,4-6,15H2,1-3H3. The van der Waals surface area contributed by atoms with Crippen molar-refractivity contribution in [1.82, 2.24) is 9.97 Å². The highest BCUT2D eigenvalue weighted by atomic mass is 32.1. The first-order valence-corrected chi connectivity index (χ1v) is 13.7. The molecule has 1 aliphatic rings. The van der Waals surface area contributed by atoms with Crippen LogP contribution in [0.4, 0.5) is 5.13 Å². The minimum absolute atomic E-state index is 0.0243. The van der Waals surface area contributed by atoms with Crippen molar-refractivity contribution in [2.24, 2.45) is 0 Å². The van der Waals surface area contributed by atoms with Gasteiger partial charge in [-0.25, -0.2) is 4.98 Å². The smallest absolute Gasteiger partial charge is 0.301 e. The van der Waals surface area contributed by atoms with Crippen LogP contribution in [0.15, 0.2) is 66.5 Å². The Morgan fingerprint density at radius 3 is 2.56 bits per heavy atom. The molecule has 0 bridgehead atoms. The average Bonchev–Trinajstić information content (AvgIpc) is 3.47. The number of thiazole rings is 1. The van der Waals surface area contributed by atoms with E-state index in [2.05, 4.69) is 11.9 Å². The Balaban J connectivity index is 1.69. The van der Waals surface area contributed by atoms with Crippen LogP contribution in [0.2, 0.25) is 0 Å². The van der Waals surface area contributed by atoms with Crippen molar-refractivity contribution >= 4 is 44.1 Å². The van der Waals surface area contributed by atoms with Crippen LogP contribution < -0.4 is 14.4 Å². The zero-order chi connectivity index (χ0) is 27.5. The number of pyridine rings is 1. The summed E-state index contributed by atoms with van der Waals surface area (Å²) < 4.78 is 12.7. The van der Waals surface area contributed by atoms with Crippen molar-refractivity contribution in [3.05, 3.63) is 83.2 Å². The van der Waals surface area contributed by atoms with E-state index in [0.717, 1.165) is 28.6 Å². The topological polar surface area (TPSA) is 102 Å². The maximum atomic E-state index is 13.6. The molecule has 5 rings (SSSR count). The van der Waals surface area contributed by atoms with Gasteiger partial charge in [0.25, 0.3) is 5.78 Å². The minimum Gasteiger partial charge on any atom is -0.507 e. The molecule has 0 aliphatic carbocycles. The number of anilines is 1. The third-order valence-corrected chi connectivity index (χ3v) is 7.49. The van der Waals surface area contributed by atoms with E-state index in [1.54, 1.807) is 30.3 Å². The van der Waals surface area contributed by atoms with Crippen molar-refractivity contribution in [1.29, 1.82) is 0 Å². The zero-order valence-electron chi connectivity index (χ0n) is 22.0. The fourth-order valence-electron chi connectivity index (χ4n) is 4.54. The van der Waals surface area contributed by atoms with E-state index in [1.807, 2.05) is 32.0 Å². The molecule has 3 heterocycles. The van der Waals surface area contributed by atoms with Gasteiger partial charge >= 0.3 is 5.91 Å². The van der Waals surface area contributed by atoms with E-state index < -0.39 is 17.7 Å². The first-order valence-electron chi connectivity index (χ1n) is 12.9. The lowest BCUT2D eigenvalue weighted by molar-refractivity contribution is -0.132. The Bertz CT molecular complexity index is 1560. The molecule has 8 nitrogen and oxygen atoms in total. The summed E-state index contributed by atoms with van der Waals surface area (Å²) in [6, 6.07) is 13.4. The molecule has 200 valence electrons. The van der Waals surface area contributed by atoms with Gasteiger partial charge in [-0.15, -0.1) is 0 Å². The van der Waals surface area contributed by atoms with Gasteiger partial charge in [-0.05, 0) is 67.8 Å². The Hall–Kier alpha value is -4.24. The lowest BCUT2D eigenvalue weighted by Gasteiger charge is -2.24. The van der Waals surface area contributed by atoms with E-state index >= 15 is 0 Å². The summed E-state index contributed by atoms with van der Waals surface area (Å²) in [4.78, 5) is 37.1. The molecule has 1 fully saturated rings. The monoisotopic (exact) mass is 543 g/mol. The van der Waals surface area contributed by atoms with Crippen LogP contribution in [-0.2, 0) is 9.59 Å². The summed E-state index contributed by atoms with van der Waals surface area (Å²) in [6.07, 6.45) is 4.93. The Labute approximate surface area is 230 Å². The number of nitrogens with zero attached hydrogens (tertiary/aromatic N) is 3. The molecule has 1 amide bonds. The Kier molecular flexibility index (Phi) is 7.60. The van der Waals surface area contributed by atoms with E-state index in [-0.39, 0.29) is 11.3 Å². The normalized spacial score (nSPS) is 16.7. The third kappa shape index (κ3) is 5.09. The number of carbonyl (C=O) groups excluding carboxylic acids is 2. The van der Waals surface area contributed by atoms with Crippen LogP contribution in [0.5, 0.6) is 11.5 Å². The quantitative estimate of drug-likeness (QED) is 0.116. The number of aromatic nitrogens is 2. The maximum Gasteiger partial charge on any atom is 0.301 e. The van der Waals surface area contributed by atoms with Crippen LogP contribution in [0, 0.1) is 6.92 Å². The van der Waals surface area contributed by atoms with Crippen molar-refractivity contribution in [3.63, 3.8) is 0 Å². The van der Waals surface area contributed by atoms with Crippen LogP contribution in [0.25, 0.3) is 16.0 Å². The number of aliphatic hydroxyl groups excluding tert-OH is 1.